The van der Waals surface area contributed by atoms with Crippen LogP contribution in [-0.4, -0.2) is 70.0 Å². The molecular weight excluding hydrogens is 1130 g/mol. The number of allylic oxidation sites excluding steroid dienone is 20. The largest absolute Gasteiger partial charge is 0.756 e. The van der Waals surface area contributed by atoms with E-state index in [9.17, 15) is 19.0 Å². The highest BCUT2D eigenvalue weighted by Crippen LogP contribution is 2.38. The molecule has 0 radical (unpaired) electrons. The molecular formula is C80H140NO8P. The molecule has 10 heteroatoms. The van der Waals surface area contributed by atoms with Gasteiger partial charge in [-0.2, -0.15) is 0 Å². The first-order valence-electron chi connectivity index (χ1n) is 37.2. The second-order valence-electron chi connectivity index (χ2n) is 25.9. The van der Waals surface area contributed by atoms with Crippen LogP contribution in [-0.2, 0) is 32.7 Å². The third kappa shape index (κ3) is 73.5. The smallest absolute Gasteiger partial charge is 0.306 e. The van der Waals surface area contributed by atoms with Gasteiger partial charge < -0.3 is 27.9 Å². The number of hydrogen-bond donors (Lipinski definition) is 0. The fourth-order valence-corrected chi connectivity index (χ4v) is 11.0. The molecule has 0 N–H and O–H groups in total. The zero-order valence-electron chi connectivity index (χ0n) is 59.1. The molecule has 0 aromatic rings. The van der Waals surface area contributed by atoms with E-state index in [1.54, 1.807) is 0 Å². The van der Waals surface area contributed by atoms with Gasteiger partial charge in [0, 0.05) is 12.8 Å². The minimum Gasteiger partial charge on any atom is -0.756 e. The summed E-state index contributed by atoms with van der Waals surface area (Å²) in [6.45, 7) is 4.11. The average molecular weight is 1270 g/mol. The van der Waals surface area contributed by atoms with E-state index in [1.165, 1.54) is 186 Å². The van der Waals surface area contributed by atoms with Crippen LogP contribution in [0.3, 0.4) is 0 Å². The summed E-state index contributed by atoms with van der Waals surface area (Å²) in [4.78, 5) is 38.1. The van der Waals surface area contributed by atoms with Crippen LogP contribution in [0.1, 0.15) is 322 Å². The molecule has 0 saturated heterocycles. The number of phosphoric ester groups is 1. The quantitative estimate of drug-likeness (QED) is 0.0195. The number of nitrogens with zero attached hydrogens (tertiary/aromatic N) is 1. The summed E-state index contributed by atoms with van der Waals surface area (Å²) < 4.78 is 34.3. The number of likely N-dealkylation sites (N-methyl/N-ethyl adjacent to an activating group) is 1. The van der Waals surface area contributed by atoms with Crippen LogP contribution in [0.2, 0.25) is 0 Å². The third-order valence-corrected chi connectivity index (χ3v) is 16.9. The minimum atomic E-state index is -4.66. The van der Waals surface area contributed by atoms with Crippen LogP contribution < -0.4 is 4.89 Å². The van der Waals surface area contributed by atoms with E-state index >= 15 is 0 Å². The fourth-order valence-electron chi connectivity index (χ4n) is 10.3. The maximum Gasteiger partial charge on any atom is 0.306 e. The van der Waals surface area contributed by atoms with Gasteiger partial charge in [-0.15, -0.1) is 0 Å². The van der Waals surface area contributed by atoms with E-state index in [-0.39, 0.29) is 32.0 Å². The number of esters is 2. The average Bonchev–Trinajstić information content (AvgIpc) is 3.58. The normalized spacial score (nSPS) is 13.8. The number of carbonyl (C=O) groups is 2. The van der Waals surface area contributed by atoms with Gasteiger partial charge in [-0.3, -0.25) is 14.2 Å². The van der Waals surface area contributed by atoms with Gasteiger partial charge in [0.25, 0.3) is 7.82 Å². The minimum absolute atomic E-state index is 0.0409. The Morgan fingerprint density at radius 3 is 0.944 bits per heavy atom. The number of hydrogen-bond acceptors (Lipinski definition) is 8. The lowest BCUT2D eigenvalue weighted by atomic mass is 10.0. The summed E-state index contributed by atoms with van der Waals surface area (Å²) >= 11 is 0. The molecule has 0 spiro atoms. The summed E-state index contributed by atoms with van der Waals surface area (Å²) in [5, 5.41) is 0. The molecule has 90 heavy (non-hydrogen) atoms. The lowest BCUT2D eigenvalue weighted by Crippen LogP contribution is -2.37. The number of carbonyl (C=O) groups excluding carboxylic acids is 2. The van der Waals surface area contributed by atoms with Gasteiger partial charge in [-0.05, 0) is 109 Å². The van der Waals surface area contributed by atoms with Gasteiger partial charge in [0.15, 0.2) is 6.10 Å². The second kappa shape index (κ2) is 69.7. The first-order chi connectivity index (χ1) is 44.0. The monoisotopic (exact) mass is 1270 g/mol. The van der Waals surface area contributed by atoms with Crippen molar-refractivity contribution in [3.8, 4) is 0 Å². The van der Waals surface area contributed by atoms with Crippen LogP contribution in [0.5, 0.6) is 0 Å². The van der Waals surface area contributed by atoms with Gasteiger partial charge in [0.05, 0.1) is 27.7 Å². The molecule has 0 rings (SSSR count). The number of phosphoric acid groups is 1. The molecule has 0 heterocycles. The van der Waals surface area contributed by atoms with Gasteiger partial charge in [-0.1, -0.05) is 322 Å². The van der Waals surface area contributed by atoms with Crippen molar-refractivity contribution in [2.75, 3.05) is 47.5 Å². The van der Waals surface area contributed by atoms with E-state index in [4.69, 9.17) is 18.5 Å². The van der Waals surface area contributed by atoms with E-state index < -0.39 is 26.5 Å². The first-order valence-corrected chi connectivity index (χ1v) is 38.7. The molecule has 518 valence electrons. The molecule has 0 aromatic heterocycles. The van der Waals surface area contributed by atoms with E-state index in [1.807, 2.05) is 21.1 Å². The molecule has 0 amide bonds. The van der Waals surface area contributed by atoms with Gasteiger partial charge >= 0.3 is 11.9 Å². The highest BCUT2D eigenvalue weighted by Gasteiger charge is 2.22. The molecule has 9 nitrogen and oxygen atoms in total. The molecule has 0 aliphatic carbocycles. The molecule has 2 unspecified atom stereocenters. The maximum atomic E-state index is 12.9. The Balaban J connectivity index is 4.04. The molecule has 0 aromatic carbocycles. The molecule has 2 atom stereocenters. The Morgan fingerprint density at radius 1 is 0.356 bits per heavy atom. The van der Waals surface area contributed by atoms with E-state index in [0.717, 1.165) is 103 Å². The van der Waals surface area contributed by atoms with Crippen LogP contribution in [0, 0.1) is 0 Å². The number of quaternary nitrogens is 1. The third-order valence-electron chi connectivity index (χ3n) is 16.0. The van der Waals surface area contributed by atoms with Crippen LogP contribution in [0.25, 0.3) is 0 Å². The summed E-state index contributed by atoms with van der Waals surface area (Å²) in [7, 11) is 1.14. The van der Waals surface area contributed by atoms with Crippen molar-refractivity contribution in [3.63, 3.8) is 0 Å². The Labute approximate surface area is 556 Å². The zero-order chi connectivity index (χ0) is 65.5. The second-order valence-corrected chi connectivity index (χ2v) is 27.3. The number of ether oxygens (including phenoxy) is 2. The van der Waals surface area contributed by atoms with Crippen LogP contribution in [0.15, 0.2) is 122 Å². The van der Waals surface area contributed by atoms with Crippen molar-refractivity contribution >= 4 is 19.8 Å². The lowest BCUT2D eigenvalue weighted by Gasteiger charge is -2.28. The first kappa shape index (κ1) is 86.4. The number of rotatable bonds is 68. The van der Waals surface area contributed by atoms with Crippen molar-refractivity contribution in [2.24, 2.45) is 0 Å². The summed E-state index contributed by atoms with van der Waals surface area (Å²) in [6, 6.07) is 0. The van der Waals surface area contributed by atoms with Crippen molar-refractivity contribution in [2.45, 2.75) is 328 Å². The van der Waals surface area contributed by atoms with Crippen LogP contribution >= 0.6 is 7.82 Å². The van der Waals surface area contributed by atoms with Gasteiger partial charge in [0.1, 0.15) is 19.8 Å². The summed E-state index contributed by atoms with van der Waals surface area (Å²) in [5.41, 5.74) is 0. The summed E-state index contributed by atoms with van der Waals surface area (Å²) in [5.74, 6) is -0.859. The Bertz CT molecular complexity index is 1940. The Hall–Kier alpha value is -3.59. The topological polar surface area (TPSA) is 111 Å². The van der Waals surface area contributed by atoms with E-state index in [2.05, 4.69) is 135 Å². The lowest BCUT2D eigenvalue weighted by molar-refractivity contribution is -0.870. The molecule has 0 bridgehead atoms. The Morgan fingerprint density at radius 2 is 0.633 bits per heavy atom. The van der Waals surface area contributed by atoms with Gasteiger partial charge in [-0.25, -0.2) is 0 Å². The van der Waals surface area contributed by atoms with Crippen LogP contribution in [0.4, 0.5) is 0 Å². The van der Waals surface area contributed by atoms with Crippen molar-refractivity contribution in [1.82, 2.24) is 0 Å². The SMILES string of the molecule is CC/C=C\C/C=C\C/C=C\C/C=C\C/C=C\C/C=C\C/C=C\C/C=C\CCCCCCC(=O)OC(COC(=O)CCCCCCCCCCCCCCCCCCCCCCCCCCC/C=C\C/C=C\CCCCCCC)COP(=O)([O-])OCC[N+](C)(C)C. The standard InChI is InChI=1S/C80H140NO8P/c1-6-8-10-12-14-16-18-20-22-24-26-28-30-32-34-36-37-38-39-40-41-42-43-45-46-48-50-52-54-56-58-60-62-64-66-68-70-72-79(82)86-76-78(77-88-90(84,85)87-75-74-81(3,4)5)89-80(83)73-71-69-67-65-63-61-59-57-55-53-51-49-47-44-35-33-31-29-27-25-23-21-19-17-15-13-11-9-7-2/h9,11,15,17-18,20-21,23-24,26-27,29,33,35,47,49,53,55,59,61,78H,6-8,10,12-14,16,19,22,25,28,30-32,34,36-46,48,50-52,54,56-58,60,62-77H2,1-5H3/b11-9-,17-15-,20-18-,23-21-,26-24-,29-27-,35-33-,49-47-,55-53-,61-59-. The predicted molar refractivity (Wildman–Crippen MR) is 388 cm³/mol. The van der Waals surface area contributed by atoms with Crippen molar-refractivity contribution < 1.29 is 42.1 Å². The molecule has 0 saturated carbocycles. The summed E-state index contributed by atoms with van der Waals surface area (Å²) in [6.07, 6.45) is 100. The molecule has 0 aliphatic rings. The number of unbranched alkanes of at least 4 members (excludes halogenated alkanes) is 34. The fraction of sp³-hybridized carbons (Fsp3) is 0.725. The highest BCUT2D eigenvalue weighted by atomic mass is 31.2. The van der Waals surface area contributed by atoms with Crippen molar-refractivity contribution in [1.29, 1.82) is 0 Å². The van der Waals surface area contributed by atoms with E-state index in [0.29, 0.717) is 17.4 Å². The van der Waals surface area contributed by atoms with Crippen molar-refractivity contribution in [3.05, 3.63) is 122 Å². The Kier molecular flexibility index (Phi) is 67.0. The zero-order valence-corrected chi connectivity index (χ0v) is 59.9. The maximum absolute atomic E-state index is 12.9. The molecule has 0 fully saturated rings. The van der Waals surface area contributed by atoms with Gasteiger partial charge in [0.2, 0.25) is 0 Å². The highest BCUT2D eigenvalue weighted by molar-refractivity contribution is 7.45. The predicted octanol–water partition coefficient (Wildman–Crippen LogP) is 24.0. The molecule has 0 aliphatic heterocycles.